The third kappa shape index (κ3) is 4.68. The zero-order valence-electron chi connectivity index (χ0n) is 16.2. The van der Waals surface area contributed by atoms with Crippen LogP contribution in [-0.2, 0) is 4.79 Å². The number of carbonyl (C=O) groups is 2. The Hall–Kier alpha value is -3.50. The molecule has 0 aliphatic rings. The third-order valence-electron chi connectivity index (χ3n) is 4.21. The number of aromatic nitrogens is 1. The number of nitriles is 1. The summed E-state index contributed by atoms with van der Waals surface area (Å²) in [6.45, 7) is 4.99. The number of hydrogen-bond acceptors (Lipinski definition) is 6. The van der Waals surface area contributed by atoms with Crippen molar-refractivity contribution in [2.45, 2.75) is 26.9 Å². The molecule has 1 N–H and O–H groups in total. The molecule has 29 heavy (non-hydrogen) atoms. The van der Waals surface area contributed by atoms with Crippen LogP contribution in [0.25, 0.3) is 10.6 Å². The molecule has 0 saturated heterocycles. The lowest BCUT2D eigenvalue weighted by Crippen LogP contribution is -2.30. The molecule has 1 heterocycles. The number of amides is 1. The van der Waals surface area contributed by atoms with Crippen LogP contribution < -0.4 is 10.1 Å². The molecular weight excluding hydrogens is 386 g/mol. The fourth-order valence-electron chi connectivity index (χ4n) is 2.70. The van der Waals surface area contributed by atoms with Crippen LogP contribution in [0.2, 0.25) is 0 Å². The average Bonchev–Trinajstić information content (AvgIpc) is 3.11. The molecule has 2 aromatic carbocycles. The highest BCUT2D eigenvalue weighted by Gasteiger charge is 2.17. The molecule has 0 saturated carbocycles. The molecule has 3 rings (SSSR count). The number of anilines is 1. The molecule has 0 fully saturated rings. The number of nitrogens with zero attached hydrogens (tertiary/aromatic N) is 2. The molecule has 0 unspecified atom stereocenters. The molecule has 0 bridgehead atoms. The second kappa shape index (κ2) is 8.67. The van der Waals surface area contributed by atoms with Crippen LogP contribution in [0.4, 0.5) is 5.69 Å². The van der Waals surface area contributed by atoms with E-state index in [0.717, 1.165) is 16.3 Å². The number of ether oxygens (including phenoxy) is 1. The van der Waals surface area contributed by atoms with Crippen LogP contribution in [0.5, 0.6) is 5.75 Å². The van der Waals surface area contributed by atoms with Gasteiger partial charge < -0.3 is 10.1 Å². The van der Waals surface area contributed by atoms with Gasteiger partial charge in [0.2, 0.25) is 0 Å². The van der Waals surface area contributed by atoms with Gasteiger partial charge in [-0.3, -0.25) is 9.59 Å². The van der Waals surface area contributed by atoms with Gasteiger partial charge in [-0.1, -0.05) is 12.1 Å². The summed E-state index contributed by atoms with van der Waals surface area (Å²) in [7, 11) is 0. The monoisotopic (exact) mass is 405 g/mol. The van der Waals surface area contributed by atoms with Gasteiger partial charge in [0.25, 0.3) is 5.91 Å². The van der Waals surface area contributed by atoms with E-state index >= 15 is 0 Å². The standard InChI is InChI=1S/C22H19N3O3S/c1-13-20(14(2)26)29-22(24-13)16-8-10-18(11-9-16)28-15(3)21(27)25-19-7-5-4-6-17(19)12-23/h4-11,15H,1-3H3,(H,25,27)/t15-/m1/s1. The number of thiazole rings is 1. The smallest absolute Gasteiger partial charge is 0.265 e. The Kier molecular flexibility index (Phi) is 6.05. The minimum absolute atomic E-state index is 0.00372. The summed E-state index contributed by atoms with van der Waals surface area (Å²) in [5.74, 6) is 0.187. The minimum Gasteiger partial charge on any atom is -0.481 e. The van der Waals surface area contributed by atoms with Gasteiger partial charge in [0.1, 0.15) is 16.8 Å². The van der Waals surface area contributed by atoms with Crippen molar-refractivity contribution in [2.75, 3.05) is 5.32 Å². The van der Waals surface area contributed by atoms with Crippen molar-refractivity contribution >= 4 is 28.7 Å². The van der Waals surface area contributed by atoms with E-state index in [4.69, 9.17) is 10.00 Å². The van der Waals surface area contributed by atoms with Crippen LogP contribution >= 0.6 is 11.3 Å². The van der Waals surface area contributed by atoms with E-state index in [2.05, 4.69) is 10.3 Å². The zero-order chi connectivity index (χ0) is 21.0. The molecule has 0 spiro atoms. The number of rotatable bonds is 6. The van der Waals surface area contributed by atoms with E-state index in [1.165, 1.54) is 18.3 Å². The predicted molar refractivity (Wildman–Crippen MR) is 112 cm³/mol. The Morgan fingerprint density at radius 2 is 1.86 bits per heavy atom. The maximum Gasteiger partial charge on any atom is 0.265 e. The van der Waals surface area contributed by atoms with Crippen molar-refractivity contribution in [3.63, 3.8) is 0 Å². The van der Waals surface area contributed by atoms with Crippen molar-refractivity contribution in [1.29, 1.82) is 5.26 Å². The first-order chi connectivity index (χ1) is 13.9. The molecule has 6 nitrogen and oxygen atoms in total. The lowest BCUT2D eigenvalue weighted by Gasteiger charge is -2.15. The van der Waals surface area contributed by atoms with Gasteiger partial charge in [0, 0.05) is 12.5 Å². The largest absolute Gasteiger partial charge is 0.481 e. The van der Waals surface area contributed by atoms with Crippen LogP contribution in [0, 0.1) is 18.3 Å². The normalized spacial score (nSPS) is 11.4. The molecule has 146 valence electrons. The Morgan fingerprint density at radius 3 is 2.48 bits per heavy atom. The van der Waals surface area contributed by atoms with Gasteiger partial charge in [-0.25, -0.2) is 4.98 Å². The second-order valence-corrected chi connectivity index (χ2v) is 7.42. The number of nitrogens with one attached hydrogen (secondary N) is 1. The molecule has 0 aliphatic heterocycles. The summed E-state index contributed by atoms with van der Waals surface area (Å²) >= 11 is 1.36. The van der Waals surface area contributed by atoms with E-state index in [0.29, 0.717) is 21.9 Å². The molecule has 0 radical (unpaired) electrons. The highest BCUT2D eigenvalue weighted by Crippen LogP contribution is 2.29. The summed E-state index contributed by atoms with van der Waals surface area (Å²) in [5.41, 5.74) is 2.44. The number of aryl methyl sites for hydroxylation is 1. The van der Waals surface area contributed by atoms with Crippen LogP contribution in [0.3, 0.4) is 0 Å². The first-order valence-corrected chi connectivity index (χ1v) is 9.76. The van der Waals surface area contributed by atoms with Crippen molar-refractivity contribution in [1.82, 2.24) is 4.98 Å². The lowest BCUT2D eigenvalue weighted by atomic mass is 10.2. The van der Waals surface area contributed by atoms with E-state index < -0.39 is 6.10 Å². The number of benzene rings is 2. The van der Waals surface area contributed by atoms with Crippen molar-refractivity contribution < 1.29 is 14.3 Å². The predicted octanol–water partition coefficient (Wildman–Crippen LogP) is 4.60. The first kappa shape index (κ1) is 20.2. The van der Waals surface area contributed by atoms with Crippen molar-refractivity contribution in [2.24, 2.45) is 0 Å². The average molecular weight is 405 g/mol. The van der Waals surface area contributed by atoms with E-state index in [9.17, 15) is 9.59 Å². The van der Waals surface area contributed by atoms with Gasteiger partial charge >= 0.3 is 0 Å². The second-order valence-electron chi connectivity index (χ2n) is 6.42. The summed E-state index contributed by atoms with van der Waals surface area (Å²) in [6, 6.07) is 16.0. The van der Waals surface area contributed by atoms with Crippen LogP contribution in [-0.4, -0.2) is 22.8 Å². The van der Waals surface area contributed by atoms with Crippen molar-refractivity contribution in [3.8, 4) is 22.4 Å². The highest BCUT2D eigenvalue weighted by molar-refractivity contribution is 7.17. The molecule has 1 atom stereocenters. The van der Waals surface area contributed by atoms with Crippen LogP contribution in [0.1, 0.15) is 34.8 Å². The summed E-state index contributed by atoms with van der Waals surface area (Å²) < 4.78 is 5.71. The third-order valence-corrected chi connectivity index (χ3v) is 5.51. The molecule has 0 aliphatic carbocycles. The molecule has 1 aromatic heterocycles. The number of carbonyl (C=O) groups excluding carboxylic acids is 2. The number of ketones is 1. The van der Waals surface area contributed by atoms with Gasteiger partial charge in [0.05, 0.1) is 21.8 Å². The summed E-state index contributed by atoms with van der Waals surface area (Å²) in [5, 5.41) is 12.6. The fourth-order valence-corrected chi connectivity index (χ4v) is 3.67. The SMILES string of the molecule is CC(=O)c1sc(-c2ccc(O[C@H](C)C(=O)Nc3ccccc3C#N)cc2)nc1C. The van der Waals surface area contributed by atoms with Gasteiger partial charge in [0.15, 0.2) is 11.9 Å². The number of Topliss-reactive ketones (excluding diaryl/α,β-unsaturated/α-hetero) is 1. The Morgan fingerprint density at radius 1 is 1.17 bits per heavy atom. The van der Waals surface area contributed by atoms with E-state index in [-0.39, 0.29) is 11.7 Å². The highest BCUT2D eigenvalue weighted by atomic mass is 32.1. The Bertz CT molecular complexity index is 1100. The number of para-hydroxylation sites is 1. The summed E-state index contributed by atoms with van der Waals surface area (Å²) in [6.07, 6.45) is -0.751. The van der Waals surface area contributed by atoms with E-state index in [1.807, 2.05) is 25.1 Å². The van der Waals surface area contributed by atoms with Gasteiger partial charge in [-0.15, -0.1) is 11.3 Å². The topological polar surface area (TPSA) is 92.1 Å². The maximum absolute atomic E-state index is 12.4. The Labute approximate surface area is 172 Å². The Balaban J connectivity index is 1.67. The maximum atomic E-state index is 12.4. The van der Waals surface area contributed by atoms with E-state index in [1.54, 1.807) is 43.3 Å². The quantitative estimate of drug-likeness (QED) is 0.605. The number of hydrogen-bond donors (Lipinski definition) is 1. The molecule has 1 amide bonds. The fraction of sp³-hybridized carbons (Fsp3) is 0.182. The van der Waals surface area contributed by atoms with Gasteiger partial charge in [-0.05, 0) is 50.2 Å². The zero-order valence-corrected chi connectivity index (χ0v) is 17.0. The molecule has 3 aromatic rings. The van der Waals surface area contributed by atoms with Gasteiger partial charge in [-0.2, -0.15) is 5.26 Å². The first-order valence-electron chi connectivity index (χ1n) is 8.94. The summed E-state index contributed by atoms with van der Waals surface area (Å²) in [4.78, 5) is 29.1. The van der Waals surface area contributed by atoms with Crippen molar-refractivity contribution in [3.05, 3.63) is 64.7 Å². The van der Waals surface area contributed by atoms with Crippen LogP contribution in [0.15, 0.2) is 48.5 Å². The minimum atomic E-state index is -0.751. The molecular formula is C22H19N3O3S. The molecule has 7 heteroatoms. The lowest BCUT2D eigenvalue weighted by molar-refractivity contribution is -0.122.